The Balaban J connectivity index is 0.946. The van der Waals surface area contributed by atoms with E-state index in [-0.39, 0.29) is 80.7 Å². The average Bonchev–Trinajstić information content (AvgIpc) is 1.07. The third kappa shape index (κ3) is 17.3. The lowest BCUT2D eigenvalue weighted by atomic mass is 9.78. The van der Waals surface area contributed by atoms with Crippen LogP contribution in [0.5, 0.6) is 5.75 Å². The second kappa shape index (κ2) is 32.2. The molecule has 0 radical (unpaired) electrons. The smallest absolute Gasteiger partial charge is 0.329 e. The van der Waals surface area contributed by atoms with Crippen molar-refractivity contribution in [3.63, 3.8) is 0 Å². The molecular weight excluding hydrogens is 1160 g/mol. The number of aromatic nitrogens is 2. The van der Waals surface area contributed by atoms with Crippen LogP contribution in [0.25, 0.3) is 10.9 Å². The first-order chi connectivity index (χ1) is 43.0. The molecule has 5 heterocycles. The Kier molecular flexibility index (Phi) is 25.0. The van der Waals surface area contributed by atoms with Crippen molar-refractivity contribution < 1.29 is 77.6 Å². The standard InChI is InChI=1S/C68H97FN6O15/c1-40-27-41(2)29-59(86-7)63-60(87-8)32-44(5)68(85,90-63)64(82)66(83)75-21-10-9-14-54(75)67(84)89-62(43(4)30-46-16-19-55(78)48(33-46)37-76)45(6)56(79)36-57(80)47(28-40)13-11-15-61(81)74-24-22-73(23-25-74)20-12-26-88-58-35-51-53(34-49(58)38-77)70-39-71-65(51)72-50-17-18-52(69)42(3)31-50/h17-18,28,30-31,34-35,39,41,44-48,54-56,59-60,62-63,76-79,85H,9-16,19-27,29,32-33,36-38H2,1-8H3,(H,70,71,72)/b40-28+,43-30+/t41-,44+,45+,46-,47+,48-,54-,55+,56-,59-,60-,62+,63+,68+/m0/s1. The summed E-state index contributed by atoms with van der Waals surface area (Å²) in [4.78, 5) is 86.5. The highest BCUT2D eigenvalue weighted by Gasteiger charge is 2.57. The van der Waals surface area contributed by atoms with Crippen LogP contribution in [0.1, 0.15) is 136 Å². The number of aliphatic hydroxyl groups is 5. The number of nitrogens with zero attached hydrogens (tertiary/aromatic N) is 5. The van der Waals surface area contributed by atoms with Crippen LogP contribution in [0.15, 0.2) is 60.0 Å². The molecule has 8 rings (SSSR count). The molecule has 6 N–H and O–H groups in total. The summed E-state index contributed by atoms with van der Waals surface area (Å²) in [5.74, 6) is -8.24. The van der Waals surface area contributed by atoms with Crippen LogP contribution in [0.3, 0.4) is 0 Å². The molecule has 1 aromatic heterocycles. The van der Waals surface area contributed by atoms with E-state index in [1.165, 1.54) is 26.6 Å². The number of aryl methyl sites for hydroxylation is 1. The summed E-state index contributed by atoms with van der Waals surface area (Å²) < 4.78 is 44.9. The van der Waals surface area contributed by atoms with Crippen molar-refractivity contribution in [2.45, 2.75) is 186 Å². The number of Topliss-reactive ketones (excluding diaryl/α,β-unsaturated/α-hetero) is 2. The minimum atomic E-state index is -2.58. The van der Waals surface area contributed by atoms with Gasteiger partial charge in [-0.2, -0.15) is 0 Å². The molecular formula is C68H97FN6O15. The van der Waals surface area contributed by atoms with Gasteiger partial charge in [-0.1, -0.05) is 38.5 Å². The number of ether oxygens (including phenoxy) is 5. The number of piperazine rings is 1. The maximum atomic E-state index is 14.8. The number of allylic oxidation sites excluding steroid dienone is 3. The monoisotopic (exact) mass is 1260 g/mol. The summed E-state index contributed by atoms with van der Waals surface area (Å²) in [5, 5.41) is 59.3. The number of rotatable bonds is 17. The maximum absolute atomic E-state index is 14.8. The van der Waals surface area contributed by atoms with E-state index < -0.39 is 83.9 Å². The van der Waals surface area contributed by atoms with Crippen molar-refractivity contribution in [3.8, 4) is 5.75 Å². The molecule has 21 nitrogen and oxygen atoms in total. The molecule has 496 valence electrons. The number of methoxy groups -OCH3 is 2. The number of benzene rings is 2. The summed E-state index contributed by atoms with van der Waals surface area (Å²) >= 11 is 0. The molecule has 2 bridgehead atoms. The number of hydrogen-bond acceptors (Lipinski definition) is 19. The van der Waals surface area contributed by atoms with E-state index >= 15 is 0 Å². The first-order valence-corrected chi connectivity index (χ1v) is 32.5. The molecule has 4 aliphatic heterocycles. The number of aliphatic hydroxyl groups excluding tert-OH is 4. The zero-order valence-electron chi connectivity index (χ0n) is 53.8. The van der Waals surface area contributed by atoms with Gasteiger partial charge in [-0.25, -0.2) is 19.2 Å². The van der Waals surface area contributed by atoms with E-state index in [2.05, 4.69) is 20.2 Å². The number of amides is 2. The van der Waals surface area contributed by atoms with Crippen LogP contribution in [-0.4, -0.2) is 195 Å². The highest BCUT2D eigenvalue weighted by atomic mass is 19.1. The zero-order chi connectivity index (χ0) is 65.0. The molecule has 14 atom stereocenters. The van der Waals surface area contributed by atoms with Crippen molar-refractivity contribution in [2.75, 3.05) is 72.0 Å². The van der Waals surface area contributed by atoms with Crippen molar-refractivity contribution in [2.24, 2.45) is 35.5 Å². The minimum Gasteiger partial charge on any atom is -0.493 e. The number of halogens is 1. The minimum absolute atomic E-state index is 0.0211. The van der Waals surface area contributed by atoms with E-state index in [1.54, 1.807) is 52.0 Å². The van der Waals surface area contributed by atoms with Crippen LogP contribution in [0.4, 0.5) is 15.9 Å². The van der Waals surface area contributed by atoms with Gasteiger partial charge >= 0.3 is 5.97 Å². The van der Waals surface area contributed by atoms with Crippen LogP contribution in [0, 0.1) is 48.2 Å². The van der Waals surface area contributed by atoms with E-state index in [0.717, 1.165) is 17.0 Å². The molecule has 3 aromatic rings. The molecule has 2 amide bonds. The highest BCUT2D eigenvalue weighted by Crippen LogP contribution is 2.40. The van der Waals surface area contributed by atoms with Crippen molar-refractivity contribution in [3.05, 3.63) is 76.9 Å². The second-order valence-electron chi connectivity index (χ2n) is 26.2. The Morgan fingerprint density at radius 3 is 2.34 bits per heavy atom. The van der Waals surface area contributed by atoms with E-state index in [1.807, 2.05) is 30.9 Å². The Hall–Kier alpha value is -5.82. The first kappa shape index (κ1) is 70.1. The lowest BCUT2D eigenvalue weighted by Crippen LogP contribution is -2.64. The summed E-state index contributed by atoms with van der Waals surface area (Å²) in [6.07, 6.45) is 4.97. The number of fused-ring (bicyclic) bond motifs is 4. The van der Waals surface area contributed by atoms with Gasteiger partial charge in [0.25, 0.3) is 11.7 Å². The van der Waals surface area contributed by atoms with Crippen molar-refractivity contribution >= 4 is 51.8 Å². The predicted octanol–water partition coefficient (Wildman–Crippen LogP) is 7.07. The number of carbonyl (C=O) groups is 5. The van der Waals surface area contributed by atoms with Crippen molar-refractivity contribution in [1.82, 2.24) is 24.7 Å². The van der Waals surface area contributed by atoms with Gasteiger partial charge in [0.2, 0.25) is 11.7 Å². The molecule has 2 aromatic carbocycles. The fraction of sp³-hybridized carbons (Fsp3) is 0.662. The Labute approximate surface area is 528 Å². The number of hydrogen-bond donors (Lipinski definition) is 6. The van der Waals surface area contributed by atoms with Gasteiger partial charge in [0.15, 0.2) is 0 Å². The Morgan fingerprint density at radius 2 is 1.63 bits per heavy atom. The molecule has 4 fully saturated rings. The zero-order valence-corrected chi connectivity index (χ0v) is 53.8. The molecule has 5 aliphatic rings. The van der Waals surface area contributed by atoms with Crippen molar-refractivity contribution in [1.29, 1.82) is 0 Å². The van der Waals surface area contributed by atoms with Gasteiger partial charge in [-0.15, -0.1) is 0 Å². The number of nitrogens with one attached hydrogen (secondary N) is 1. The normalized spacial score (nSPS) is 31.5. The van der Waals surface area contributed by atoms with E-state index in [9.17, 15) is 53.9 Å². The molecule has 90 heavy (non-hydrogen) atoms. The molecule has 22 heteroatoms. The fourth-order valence-corrected chi connectivity index (χ4v) is 14.0. The second-order valence-corrected chi connectivity index (χ2v) is 26.2. The lowest BCUT2D eigenvalue weighted by Gasteiger charge is -2.47. The third-order valence-corrected chi connectivity index (χ3v) is 19.5. The van der Waals surface area contributed by atoms with Gasteiger partial charge in [0.1, 0.15) is 47.7 Å². The van der Waals surface area contributed by atoms with Gasteiger partial charge < -0.3 is 64.3 Å². The summed E-state index contributed by atoms with van der Waals surface area (Å²) in [6.45, 7) is 13.8. The molecule has 0 unspecified atom stereocenters. The molecule has 0 spiro atoms. The van der Waals surface area contributed by atoms with Gasteiger partial charge in [-0.3, -0.25) is 24.1 Å². The van der Waals surface area contributed by atoms with Gasteiger partial charge in [-0.05, 0) is 151 Å². The number of piperidine rings is 1. The van der Waals surface area contributed by atoms with Crippen LogP contribution in [-0.2, 0) is 49.5 Å². The fourth-order valence-electron chi connectivity index (χ4n) is 14.0. The SMILES string of the molecule is CO[C@H]1C[C@@H](C)C/C(C)=C/[C@@H](CCCC(=O)N2CCN(CCCOc3cc4c(Nc5ccc(F)c(C)c5)ncnc4cc3CO)CC2)C(=O)C[C@H](O)[C@@H](C)[C@@H](/C(C)=C/[C@@H]2CC[C@@H](O)[C@H](CO)C2)OC(=O)[C@@H]2CCCCN2C(=O)C(=O)[C@]2(O)O[C@H]1[C@@H](OC)C[C@H]2C. The molecule has 1 aliphatic carbocycles. The van der Waals surface area contributed by atoms with E-state index in [0.29, 0.717) is 142 Å². The number of carbonyl (C=O) groups excluding carboxylic acids is 5. The number of cyclic esters (lactones) is 1. The molecule has 3 saturated heterocycles. The third-order valence-electron chi connectivity index (χ3n) is 19.5. The van der Waals surface area contributed by atoms with E-state index in [4.69, 9.17) is 23.7 Å². The Morgan fingerprint density at radius 1 is 0.889 bits per heavy atom. The van der Waals surface area contributed by atoms with Crippen LogP contribution >= 0.6 is 0 Å². The topological polar surface area (TPSA) is 280 Å². The quantitative estimate of drug-likeness (QED) is 0.0341. The van der Waals surface area contributed by atoms with Crippen LogP contribution in [0.2, 0.25) is 0 Å². The largest absolute Gasteiger partial charge is 0.493 e. The number of esters is 1. The highest BCUT2D eigenvalue weighted by molar-refractivity contribution is 6.39. The predicted molar refractivity (Wildman–Crippen MR) is 334 cm³/mol. The Bertz CT molecular complexity index is 3030. The summed E-state index contributed by atoms with van der Waals surface area (Å²) in [5.41, 5.74) is 3.81. The average molecular weight is 1260 g/mol. The summed E-state index contributed by atoms with van der Waals surface area (Å²) in [7, 11) is 3.02. The molecule has 1 saturated carbocycles. The lowest BCUT2D eigenvalue weighted by molar-refractivity contribution is -0.302. The number of ketones is 2. The van der Waals surface area contributed by atoms with Crippen LogP contribution < -0.4 is 10.1 Å². The first-order valence-electron chi connectivity index (χ1n) is 32.5. The number of anilines is 2. The van der Waals surface area contributed by atoms with Gasteiger partial charge in [0, 0.05) is 113 Å². The maximum Gasteiger partial charge on any atom is 0.329 e. The van der Waals surface area contributed by atoms with Gasteiger partial charge in [0.05, 0.1) is 43.1 Å². The summed E-state index contributed by atoms with van der Waals surface area (Å²) in [6, 6.07) is 7.08.